The third-order valence-corrected chi connectivity index (χ3v) is 3.67. The summed E-state index contributed by atoms with van der Waals surface area (Å²) in [7, 11) is -1.51. The van der Waals surface area contributed by atoms with Gasteiger partial charge in [-0.15, -0.1) is 0 Å². The number of hydrogen-bond acceptors (Lipinski definition) is 3. The molecule has 3 aromatic carbocycles. The summed E-state index contributed by atoms with van der Waals surface area (Å²) in [6.07, 6.45) is 0. The van der Waals surface area contributed by atoms with E-state index in [1.165, 1.54) is 0 Å². The molecule has 0 amide bonds. The average molecular weight is 262 g/mol. The van der Waals surface area contributed by atoms with Gasteiger partial charge in [0.1, 0.15) is 11.2 Å². The van der Waals surface area contributed by atoms with Gasteiger partial charge in [-0.2, -0.15) is 0 Å². The third-order valence-electron chi connectivity index (χ3n) is 3.67. The Morgan fingerprint density at radius 2 is 1.55 bits per heavy atom. The summed E-state index contributed by atoms with van der Waals surface area (Å²) < 4.78 is 5.83. The second kappa shape index (κ2) is 4.10. The molecule has 0 fully saturated rings. The van der Waals surface area contributed by atoms with Gasteiger partial charge in [-0.05, 0) is 34.4 Å². The maximum absolute atomic E-state index is 9.53. The van der Waals surface area contributed by atoms with Crippen molar-refractivity contribution in [2.45, 2.75) is 0 Å². The average Bonchev–Trinajstić information content (AvgIpc) is 2.82. The standard InChI is InChI=1S/C16H11BO3/c18-17(19)13-6-3-7-14-16(13)12-8-10-4-1-2-5-11(10)9-15(12)20-14/h1-9,18-19H. The first-order valence-corrected chi connectivity index (χ1v) is 6.44. The second-order valence-electron chi connectivity index (χ2n) is 4.89. The minimum absolute atomic E-state index is 0.469. The first kappa shape index (κ1) is 11.5. The topological polar surface area (TPSA) is 53.6 Å². The van der Waals surface area contributed by atoms with Crippen LogP contribution in [0.25, 0.3) is 32.7 Å². The molecule has 0 aliphatic rings. The predicted octanol–water partition coefficient (Wildman–Crippen LogP) is 2.42. The Bertz CT molecular complexity index is 940. The minimum atomic E-state index is -1.51. The molecule has 0 radical (unpaired) electrons. The molecule has 2 N–H and O–H groups in total. The van der Waals surface area contributed by atoms with E-state index in [1.54, 1.807) is 12.1 Å². The summed E-state index contributed by atoms with van der Waals surface area (Å²) in [5.74, 6) is 0. The SMILES string of the molecule is OB(O)c1cccc2oc3cc4ccccc4cc3c12. The van der Waals surface area contributed by atoms with Crippen LogP contribution in [0.2, 0.25) is 0 Å². The molecule has 20 heavy (non-hydrogen) atoms. The van der Waals surface area contributed by atoms with Crippen LogP contribution in [0.1, 0.15) is 0 Å². The van der Waals surface area contributed by atoms with Crippen LogP contribution in [-0.2, 0) is 0 Å². The summed E-state index contributed by atoms with van der Waals surface area (Å²) in [5.41, 5.74) is 1.89. The number of furan rings is 1. The molecule has 3 nitrogen and oxygen atoms in total. The molecule has 0 bridgehead atoms. The quantitative estimate of drug-likeness (QED) is 0.518. The van der Waals surface area contributed by atoms with Crippen molar-refractivity contribution in [3.8, 4) is 0 Å². The second-order valence-corrected chi connectivity index (χ2v) is 4.89. The fourth-order valence-corrected chi connectivity index (χ4v) is 2.75. The molecular formula is C16H11BO3. The first-order valence-electron chi connectivity index (χ1n) is 6.44. The minimum Gasteiger partial charge on any atom is -0.456 e. The number of benzene rings is 3. The van der Waals surface area contributed by atoms with Gasteiger partial charge in [-0.1, -0.05) is 36.4 Å². The number of hydrogen-bond donors (Lipinski definition) is 2. The maximum atomic E-state index is 9.53. The molecule has 0 unspecified atom stereocenters. The van der Waals surface area contributed by atoms with Gasteiger partial charge in [0, 0.05) is 10.8 Å². The molecule has 1 heterocycles. The number of rotatable bonds is 1. The van der Waals surface area contributed by atoms with Crippen LogP contribution in [0, 0.1) is 0 Å². The highest BCUT2D eigenvalue weighted by molar-refractivity contribution is 6.62. The molecular weight excluding hydrogens is 251 g/mol. The highest BCUT2D eigenvalue weighted by Gasteiger charge is 2.19. The summed E-state index contributed by atoms with van der Waals surface area (Å²) >= 11 is 0. The highest BCUT2D eigenvalue weighted by atomic mass is 16.4. The van der Waals surface area contributed by atoms with E-state index in [1.807, 2.05) is 42.5 Å². The molecule has 0 spiro atoms. The summed E-state index contributed by atoms with van der Waals surface area (Å²) in [5, 5.41) is 22.9. The molecule has 0 saturated carbocycles. The van der Waals surface area contributed by atoms with Crippen molar-refractivity contribution in [3.63, 3.8) is 0 Å². The van der Waals surface area contributed by atoms with Gasteiger partial charge in [0.25, 0.3) is 0 Å². The van der Waals surface area contributed by atoms with Crippen molar-refractivity contribution < 1.29 is 14.5 Å². The van der Waals surface area contributed by atoms with Gasteiger partial charge in [0.2, 0.25) is 0 Å². The largest absolute Gasteiger partial charge is 0.489 e. The maximum Gasteiger partial charge on any atom is 0.489 e. The van der Waals surface area contributed by atoms with E-state index in [4.69, 9.17) is 4.42 Å². The molecule has 4 aromatic rings. The van der Waals surface area contributed by atoms with Gasteiger partial charge >= 0.3 is 7.12 Å². The van der Waals surface area contributed by atoms with Gasteiger partial charge in [0.15, 0.2) is 0 Å². The smallest absolute Gasteiger partial charge is 0.456 e. The van der Waals surface area contributed by atoms with Crippen LogP contribution < -0.4 is 5.46 Å². The monoisotopic (exact) mass is 262 g/mol. The lowest BCUT2D eigenvalue weighted by molar-refractivity contribution is 0.426. The Morgan fingerprint density at radius 3 is 2.30 bits per heavy atom. The van der Waals surface area contributed by atoms with Crippen molar-refractivity contribution in [1.29, 1.82) is 0 Å². The van der Waals surface area contributed by atoms with Crippen LogP contribution in [0.4, 0.5) is 0 Å². The molecule has 0 atom stereocenters. The molecule has 0 saturated heterocycles. The fraction of sp³-hybridized carbons (Fsp3) is 0. The molecule has 0 aliphatic heterocycles. The van der Waals surface area contributed by atoms with Gasteiger partial charge in [0.05, 0.1) is 0 Å². The molecule has 4 heteroatoms. The van der Waals surface area contributed by atoms with E-state index >= 15 is 0 Å². The lowest BCUT2D eigenvalue weighted by atomic mass is 9.77. The Hall–Kier alpha value is -2.30. The Morgan fingerprint density at radius 1 is 0.800 bits per heavy atom. The van der Waals surface area contributed by atoms with Crippen molar-refractivity contribution in [1.82, 2.24) is 0 Å². The van der Waals surface area contributed by atoms with Gasteiger partial charge in [-0.25, -0.2) is 0 Å². The predicted molar refractivity (Wildman–Crippen MR) is 81.1 cm³/mol. The molecule has 96 valence electrons. The normalized spacial score (nSPS) is 11.5. The highest BCUT2D eigenvalue weighted by Crippen LogP contribution is 2.31. The summed E-state index contributed by atoms with van der Waals surface area (Å²) in [6.45, 7) is 0. The van der Waals surface area contributed by atoms with Gasteiger partial charge < -0.3 is 14.5 Å². The van der Waals surface area contributed by atoms with E-state index in [0.717, 1.165) is 27.1 Å². The fourth-order valence-electron chi connectivity index (χ4n) is 2.75. The van der Waals surface area contributed by atoms with Crippen LogP contribution in [0.5, 0.6) is 0 Å². The van der Waals surface area contributed by atoms with Crippen molar-refractivity contribution >= 4 is 45.3 Å². The Balaban J connectivity index is 2.22. The van der Waals surface area contributed by atoms with Crippen LogP contribution in [0.3, 0.4) is 0 Å². The zero-order valence-electron chi connectivity index (χ0n) is 10.6. The molecule has 4 rings (SSSR count). The Kier molecular flexibility index (Phi) is 2.36. The van der Waals surface area contributed by atoms with E-state index in [9.17, 15) is 10.0 Å². The number of fused-ring (bicyclic) bond motifs is 4. The molecule has 1 aromatic heterocycles. The van der Waals surface area contributed by atoms with E-state index < -0.39 is 7.12 Å². The van der Waals surface area contributed by atoms with E-state index in [0.29, 0.717) is 11.0 Å². The van der Waals surface area contributed by atoms with E-state index in [-0.39, 0.29) is 0 Å². The zero-order valence-corrected chi connectivity index (χ0v) is 10.6. The van der Waals surface area contributed by atoms with E-state index in [2.05, 4.69) is 0 Å². The first-order chi connectivity index (χ1) is 9.74. The van der Waals surface area contributed by atoms with Crippen molar-refractivity contribution in [3.05, 3.63) is 54.6 Å². The van der Waals surface area contributed by atoms with Crippen LogP contribution in [-0.4, -0.2) is 17.2 Å². The van der Waals surface area contributed by atoms with Gasteiger partial charge in [-0.3, -0.25) is 0 Å². The lowest BCUT2D eigenvalue weighted by Gasteiger charge is -2.01. The van der Waals surface area contributed by atoms with Crippen LogP contribution in [0.15, 0.2) is 59.0 Å². The summed E-state index contributed by atoms with van der Waals surface area (Å²) in [4.78, 5) is 0. The zero-order chi connectivity index (χ0) is 13.7. The van der Waals surface area contributed by atoms with Crippen LogP contribution >= 0.6 is 0 Å². The van der Waals surface area contributed by atoms with Crippen molar-refractivity contribution in [2.75, 3.05) is 0 Å². The third kappa shape index (κ3) is 1.56. The van der Waals surface area contributed by atoms with Crippen molar-refractivity contribution in [2.24, 2.45) is 0 Å². The molecule has 0 aliphatic carbocycles. The summed E-state index contributed by atoms with van der Waals surface area (Å²) in [6, 6.07) is 17.4. The Labute approximate surface area is 115 Å². The lowest BCUT2D eigenvalue weighted by Crippen LogP contribution is -2.30.